The lowest BCUT2D eigenvalue weighted by Crippen LogP contribution is -2.17. The van der Waals surface area contributed by atoms with Gasteiger partial charge in [-0.1, -0.05) is 30.7 Å². The largest absolute Gasteiger partial charge is 0.492 e. The number of rotatable bonds is 10. The van der Waals surface area contributed by atoms with Crippen LogP contribution < -0.4 is 14.8 Å². The summed E-state index contributed by atoms with van der Waals surface area (Å²) in [7, 11) is 0. The highest BCUT2D eigenvalue weighted by atomic mass is 35.5. The van der Waals surface area contributed by atoms with E-state index in [9.17, 15) is 0 Å². The van der Waals surface area contributed by atoms with Gasteiger partial charge in [0.15, 0.2) is 0 Å². The summed E-state index contributed by atoms with van der Waals surface area (Å²) in [5.74, 6) is 1.42. The molecule has 1 aromatic heterocycles. The molecular weight excluding hydrogens is 312 g/mol. The number of halogens is 1. The summed E-state index contributed by atoms with van der Waals surface area (Å²) in [5, 5.41) is 4.04. The topological polar surface area (TPSA) is 43.4 Å². The molecule has 0 aliphatic rings. The van der Waals surface area contributed by atoms with Crippen LogP contribution in [0.25, 0.3) is 0 Å². The van der Waals surface area contributed by atoms with Crippen molar-refractivity contribution in [3.63, 3.8) is 0 Å². The average molecular weight is 335 g/mol. The minimum Gasteiger partial charge on any atom is -0.492 e. The van der Waals surface area contributed by atoms with Crippen LogP contribution in [0.15, 0.2) is 42.6 Å². The van der Waals surface area contributed by atoms with Crippen LogP contribution in [0, 0.1) is 0 Å². The number of hydrogen-bond donors (Lipinski definition) is 1. The van der Waals surface area contributed by atoms with Gasteiger partial charge in [-0.3, -0.25) is 0 Å². The zero-order chi connectivity index (χ0) is 16.3. The van der Waals surface area contributed by atoms with Crippen LogP contribution in [0.5, 0.6) is 11.6 Å². The maximum absolute atomic E-state index is 6.22. The van der Waals surface area contributed by atoms with Crippen molar-refractivity contribution < 1.29 is 9.47 Å². The zero-order valence-electron chi connectivity index (χ0n) is 13.4. The molecule has 1 N–H and O–H groups in total. The molecule has 1 aromatic carbocycles. The first-order valence-corrected chi connectivity index (χ1v) is 8.33. The van der Waals surface area contributed by atoms with Crippen LogP contribution >= 0.6 is 11.6 Å². The molecule has 2 aromatic rings. The SMILES string of the molecule is CCCOc1ccc(CNCCCOc2ccccn2)cc1Cl. The molecule has 4 nitrogen and oxygen atoms in total. The highest BCUT2D eigenvalue weighted by molar-refractivity contribution is 6.32. The van der Waals surface area contributed by atoms with Crippen LogP contribution in [0.4, 0.5) is 0 Å². The van der Waals surface area contributed by atoms with Gasteiger partial charge >= 0.3 is 0 Å². The standard InChI is InChI=1S/C18H23ClN2O2/c1-2-11-22-17-8-7-15(13-16(17)19)14-20-9-5-12-23-18-6-3-4-10-21-18/h3-4,6-8,10,13,20H,2,5,9,11-12,14H2,1H3. The Morgan fingerprint density at radius 3 is 2.78 bits per heavy atom. The van der Waals surface area contributed by atoms with Gasteiger partial charge in [0.25, 0.3) is 0 Å². The lowest BCUT2D eigenvalue weighted by Gasteiger charge is -2.10. The minimum absolute atomic E-state index is 0.647. The van der Waals surface area contributed by atoms with Crippen LogP contribution in [0.1, 0.15) is 25.3 Å². The summed E-state index contributed by atoms with van der Waals surface area (Å²) in [5.41, 5.74) is 1.14. The smallest absolute Gasteiger partial charge is 0.213 e. The van der Waals surface area contributed by atoms with Gasteiger partial charge in [0.2, 0.25) is 5.88 Å². The van der Waals surface area contributed by atoms with E-state index in [0.717, 1.165) is 37.2 Å². The van der Waals surface area contributed by atoms with E-state index in [-0.39, 0.29) is 0 Å². The molecule has 0 amide bonds. The Morgan fingerprint density at radius 1 is 1.13 bits per heavy atom. The van der Waals surface area contributed by atoms with Gasteiger partial charge in [-0.05, 0) is 43.1 Å². The molecule has 0 unspecified atom stereocenters. The molecule has 0 aliphatic carbocycles. The normalized spacial score (nSPS) is 10.5. The molecule has 0 radical (unpaired) electrons. The van der Waals surface area contributed by atoms with E-state index in [4.69, 9.17) is 21.1 Å². The Kier molecular flexibility index (Phi) is 7.70. The third-order valence-electron chi connectivity index (χ3n) is 3.17. The maximum Gasteiger partial charge on any atom is 0.213 e. The van der Waals surface area contributed by atoms with E-state index < -0.39 is 0 Å². The van der Waals surface area contributed by atoms with Crippen molar-refractivity contribution >= 4 is 11.6 Å². The number of benzene rings is 1. The first-order valence-electron chi connectivity index (χ1n) is 7.95. The van der Waals surface area contributed by atoms with Crippen molar-refractivity contribution in [1.29, 1.82) is 0 Å². The van der Waals surface area contributed by atoms with Crippen molar-refractivity contribution in [2.75, 3.05) is 19.8 Å². The number of ether oxygens (including phenoxy) is 2. The van der Waals surface area contributed by atoms with Crippen molar-refractivity contribution in [2.24, 2.45) is 0 Å². The molecule has 0 aliphatic heterocycles. The minimum atomic E-state index is 0.647. The summed E-state index contributed by atoms with van der Waals surface area (Å²) >= 11 is 6.22. The summed E-state index contributed by atoms with van der Waals surface area (Å²) in [6.07, 6.45) is 3.62. The molecule has 0 fully saturated rings. The third kappa shape index (κ3) is 6.47. The van der Waals surface area contributed by atoms with Crippen molar-refractivity contribution in [2.45, 2.75) is 26.3 Å². The van der Waals surface area contributed by atoms with E-state index in [0.29, 0.717) is 24.1 Å². The average Bonchev–Trinajstić information content (AvgIpc) is 2.58. The number of nitrogens with zero attached hydrogens (tertiary/aromatic N) is 1. The van der Waals surface area contributed by atoms with Gasteiger partial charge < -0.3 is 14.8 Å². The number of nitrogens with one attached hydrogen (secondary N) is 1. The summed E-state index contributed by atoms with van der Waals surface area (Å²) in [4.78, 5) is 4.11. The first-order chi connectivity index (χ1) is 11.3. The lowest BCUT2D eigenvalue weighted by atomic mass is 10.2. The molecule has 1 heterocycles. The Morgan fingerprint density at radius 2 is 2.04 bits per heavy atom. The summed E-state index contributed by atoms with van der Waals surface area (Å²) < 4.78 is 11.1. The van der Waals surface area contributed by atoms with Gasteiger partial charge in [0, 0.05) is 18.8 Å². The number of pyridine rings is 1. The molecule has 2 rings (SSSR count). The fourth-order valence-corrected chi connectivity index (χ4v) is 2.28. The second-order valence-electron chi connectivity index (χ2n) is 5.16. The molecule has 0 saturated carbocycles. The second kappa shape index (κ2) is 10.1. The summed E-state index contributed by atoms with van der Waals surface area (Å²) in [6.45, 7) is 5.06. The molecular formula is C18H23ClN2O2. The van der Waals surface area contributed by atoms with Crippen LogP contribution in [0.2, 0.25) is 5.02 Å². The van der Waals surface area contributed by atoms with E-state index in [1.807, 2.05) is 36.4 Å². The van der Waals surface area contributed by atoms with Gasteiger partial charge in [-0.15, -0.1) is 0 Å². The Hall–Kier alpha value is -1.78. The molecule has 0 bridgehead atoms. The Labute approximate surface area is 142 Å². The molecule has 124 valence electrons. The van der Waals surface area contributed by atoms with E-state index >= 15 is 0 Å². The highest BCUT2D eigenvalue weighted by Crippen LogP contribution is 2.25. The van der Waals surface area contributed by atoms with E-state index in [1.165, 1.54) is 0 Å². The van der Waals surface area contributed by atoms with Crippen molar-refractivity contribution in [3.8, 4) is 11.6 Å². The van der Waals surface area contributed by atoms with Crippen molar-refractivity contribution in [3.05, 3.63) is 53.2 Å². The predicted molar refractivity (Wildman–Crippen MR) is 93.3 cm³/mol. The van der Waals surface area contributed by atoms with E-state index in [2.05, 4.69) is 17.2 Å². The second-order valence-corrected chi connectivity index (χ2v) is 5.57. The zero-order valence-corrected chi connectivity index (χ0v) is 14.2. The Bertz CT molecular complexity index is 578. The number of aromatic nitrogens is 1. The maximum atomic E-state index is 6.22. The van der Waals surface area contributed by atoms with Gasteiger partial charge in [-0.2, -0.15) is 0 Å². The fourth-order valence-electron chi connectivity index (χ4n) is 2.02. The number of hydrogen-bond acceptors (Lipinski definition) is 4. The van der Waals surface area contributed by atoms with Crippen LogP contribution in [-0.2, 0) is 6.54 Å². The van der Waals surface area contributed by atoms with E-state index in [1.54, 1.807) is 6.20 Å². The van der Waals surface area contributed by atoms with Gasteiger partial charge in [0.05, 0.1) is 18.2 Å². The molecule has 0 spiro atoms. The fraction of sp³-hybridized carbons (Fsp3) is 0.389. The third-order valence-corrected chi connectivity index (χ3v) is 3.47. The quantitative estimate of drug-likeness (QED) is 0.665. The van der Waals surface area contributed by atoms with Gasteiger partial charge in [0.1, 0.15) is 5.75 Å². The molecule has 5 heteroatoms. The lowest BCUT2D eigenvalue weighted by molar-refractivity contribution is 0.296. The monoisotopic (exact) mass is 334 g/mol. The van der Waals surface area contributed by atoms with Crippen LogP contribution in [0.3, 0.4) is 0 Å². The van der Waals surface area contributed by atoms with Crippen molar-refractivity contribution in [1.82, 2.24) is 10.3 Å². The van der Waals surface area contributed by atoms with Gasteiger partial charge in [-0.25, -0.2) is 4.98 Å². The first kappa shape index (κ1) is 17.6. The highest BCUT2D eigenvalue weighted by Gasteiger charge is 2.03. The van der Waals surface area contributed by atoms with Crippen LogP contribution in [-0.4, -0.2) is 24.7 Å². The predicted octanol–water partition coefficient (Wildman–Crippen LogP) is 4.08. The summed E-state index contributed by atoms with van der Waals surface area (Å²) in [6, 6.07) is 11.6. The molecule has 23 heavy (non-hydrogen) atoms. The molecule has 0 atom stereocenters. The molecule has 0 saturated heterocycles. The Balaban J connectivity index is 1.63.